The quantitative estimate of drug-likeness (QED) is 0.582. The van der Waals surface area contributed by atoms with E-state index in [2.05, 4.69) is 36.0 Å². The molecule has 0 atom stereocenters. The van der Waals surface area contributed by atoms with Crippen LogP contribution < -0.4 is 10.9 Å². The third-order valence-electron chi connectivity index (χ3n) is 6.10. The van der Waals surface area contributed by atoms with Crippen molar-refractivity contribution in [3.05, 3.63) is 21.6 Å². The van der Waals surface area contributed by atoms with Crippen LogP contribution in [0.1, 0.15) is 38.5 Å². The van der Waals surface area contributed by atoms with Crippen LogP contribution in [0.2, 0.25) is 0 Å². The van der Waals surface area contributed by atoms with Crippen LogP contribution >= 0.6 is 11.3 Å². The Morgan fingerprint density at radius 3 is 2.56 bits per heavy atom. The number of fused-ring (bicyclic) bond motifs is 1. The lowest BCUT2D eigenvalue weighted by atomic mass is 10.0. The van der Waals surface area contributed by atoms with Gasteiger partial charge >= 0.3 is 0 Å². The number of hydrogen-bond acceptors (Lipinski definition) is 7. The number of nitrogens with zero attached hydrogens (tertiary/aromatic N) is 4. The fourth-order valence-corrected chi connectivity index (χ4v) is 7.13. The minimum absolute atomic E-state index is 0.0424. The first kappa shape index (κ1) is 24.8. The van der Waals surface area contributed by atoms with Crippen LogP contribution in [0.15, 0.2) is 16.0 Å². The molecule has 178 valence electrons. The maximum atomic E-state index is 13.4. The Bertz CT molecular complexity index is 1110. The molecule has 0 saturated carbocycles. The number of hydrogen-bond donors (Lipinski definition) is 1. The standard InChI is InChI=1S/C21H33N5O4S2/c1-5-24(6-2)12-9-22-17(27)13-25-14-23-20-18(21(25)28)19(16(4)31-20)32(29,30)26-10-7-15(3)8-11-26/h14-15H,5-13H2,1-4H3,(H,22,27). The topological polar surface area (TPSA) is 105 Å². The summed E-state index contributed by atoms with van der Waals surface area (Å²) in [5.74, 6) is 0.183. The minimum Gasteiger partial charge on any atom is -0.353 e. The second-order valence-corrected chi connectivity index (χ2v) is 11.4. The molecule has 1 aliphatic rings. The third-order valence-corrected chi connectivity index (χ3v) is 9.31. The van der Waals surface area contributed by atoms with Crippen LogP contribution in [0.25, 0.3) is 10.2 Å². The number of nitrogens with one attached hydrogen (secondary N) is 1. The maximum absolute atomic E-state index is 13.4. The molecule has 0 bridgehead atoms. The number of piperidine rings is 1. The van der Waals surface area contributed by atoms with Gasteiger partial charge in [-0.05, 0) is 38.8 Å². The van der Waals surface area contributed by atoms with Gasteiger partial charge in [0.15, 0.2) is 0 Å². The summed E-state index contributed by atoms with van der Waals surface area (Å²) in [6, 6.07) is 0. The zero-order valence-corrected chi connectivity index (χ0v) is 20.9. The first-order valence-corrected chi connectivity index (χ1v) is 13.4. The Morgan fingerprint density at radius 1 is 1.28 bits per heavy atom. The van der Waals surface area contributed by atoms with Crippen molar-refractivity contribution in [2.45, 2.75) is 52.0 Å². The van der Waals surface area contributed by atoms with Gasteiger partial charge in [0.2, 0.25) is 15.9 Å². The lowest BCUT2D eigenvalue weighted by molar-refractivity contribution is -0.121. The Hall–Kier alpha value is -1.82. The SMILES string of the molecule is CCN(CC)CCNC(=O)Cn1cnc2sc(C)c(S(=O)(=O)N3CCC(C)CC3)c2c1=O. The molecule has 32 heavy (non-hydrogen) atoms. The van der Waals surface area contributed by atoms with Crippen molar-refractivity contribution in [3.8, 4) is 0 Å². The van der Waals surface area contributed by atoms with Gasteiger partial charge in [-0.2, -0.15) is 4.31 Å². The summed E-state index contributed by atoms with van der Waals surface area (Å²) >= 11 is 1.20. The highest BCUT2D eigenvalue weighted by Crippen LogP contribution is 2.34. The van der Waals surface area contributed by atoms with Gasteiger partial charge in [-0.25, -0.2) is 13.4 Å². The molecule has 1 saturated heterocycles. The average Bonchev–Trinajstić information content (AvgIpc) is 3.11. The smallest absolute Gasteiger partial charge is 0.263 e. The lowest BCUT2D eigenvalue weighted by Crippen LogP contribution is -2.39. The van der Waals surface area contributed by atoms with E-state index >= 15 is 0 Å². The number of thiophene rings is 1. The molecular weight excluding hydrogens is 450 g/mol. The van der Waals surface area contributed by atoms with E-state index in [9.17, 15) is 18.0 Å². The van der Waals surface area contributed by atoms with Gasteiger partial charge in [-0.3, -0.25) is 14.2 Å². The number of amides is 1. The van der Waals surface area contributed by atoms with Crippen LogP contribution in [0.3, 0.4) is 0 Å². The zero-order valence-electron chi connectivity index (χ0n) is 19.3. The fourth-order valence-electron chi connectivity index (χ4n) is 3.99. The van der Waals surface area contributed by atoms with Crippen LogP contribution in [0.4, 0.5) is 0 Å². The number of likely N-dealkylation sites (N-methyl/N-ethyl adjacent to an activating group) is 1. The van der Waals surface area contributed by atoms with Gasteiger partial charge < -0.3 is 10.2 Å². The Morgan fingerprint density at radius 2 is 1.94 bits per heavy atom. The number of carbonyl (C=O) groups excluding carboxylic acids is 1. The van der Waals surface area contributed by atoms with Gasteiger partial charge in [0.25, 0.3) is 5.56 Å². The van der Waals surface area contributed by atoms with Crippen LogP contribution in [0, 0.1) is 12.8 Å². The highest BCUT2D eigenvalue weighted by Gasteiger charge is 2.33. The number of aromatic nitrogens is 2. The summed E-state index contributed by atoms with van der Waals surface area (Å²) in [5.41, 5.74) is -0.498. The van der Waals surface area contributed by atoms with Crippen molar-refractivity contribution in [3.63, 3.8) is 0 Å². The molecule has 3 rings (SSSR count). The molecule has 1 aliphatic heterocycles. The molecule has 0 aliphatic carbocycles. The predicted octanol–water partition coefficient (Wildman–Crippen LogP) is 1.65. The average molecular weight is 484 g/mol. The van der Waals surface area contributed by atoms with E-state index in [-0.39, 0.29) is 22.7 Å². The van der Waals surface area contributed by atoms with E-state index < -0.39 is 15.6 Å². The van der Waals surface area contributed by atoms with E-state index in [4.69, 9.17) is 0 Å². The molecule has 0 unspecified atom stereocenters. The van der Waals surface area contributed by atoms with Gasteiger partial charge in [-0.15, -0.1) is 11.3 Å². The normalized spacial score (nSPS) is 16.2. The van der Waals surface area contributed by atoms with Gasteiger partial charge in [-0.1, -0.05) is 20.8 Å². The number of sulfonamides is 1. The molecule has 2 aromatic heterocycles. The highest BCUT2D eigenvalue weighted by molar-refractivity contribution is 7.89. The molecule has 2 aromatic rings. The Labute approximate surface area is 193 Å². The molecule has 11 heteroatoms. The molecule has 0 radical (unpaired) electrons. The second-order valence-electron chi connectivity index (χ2n) is 8.31. The molecular formula is C21H33N5O4S2. The zero-order chi connectivity index (χ0) is 23.5. The first-order chi connectivity index (χ1) is 15.2. The van der Waals surface area contributed by atoms with Crippen LogP contribution in [0.5, 0.6) is 0 Å². The monoisotopic (exact) mass is 483 g/mol. The summed E-state index contributed by atoms with van der Waals surface area (Å²) < 4.78 is 29.5. The highest BCUT2D eigenvalue weighted by atomic mass is 32.2. The van der Waals surface area contributed by atoms with Gasteiger partial charge in [0, 0.05) is 31.1 Å². The summed E-state index contributed by atoms with van der Waals surface area (Å²) in [7, 11) is -3.81. The largest absolute Gasteiger partial charge is 0.353 e. The van der Waals surface area contributed by atoms with E-state index in [1.54, 1.807) is 6.92 Å². The van der Waals surface area contributed by atoms with E-state index in [0.29, 0.717) is 35.3 Å². The van der Waals surface area contributed by atoms with Crippen LogP contribution in [-0.4, -0.2) is 72.3 Å². The van der Waals surface area contributed by atoms with Crippen molar-refractivity contribution >= 4 is 37.5 Å². The van der Waals surface area contributed by atoms with Crippen molar-refractivity contribution in [1.29, 1.82) is 0 Å². The van der Waals surface area contributed by atoms with Gasteiger partial charge in [0.05, 0.1) is 11.7 Å². The molecule has 1 fully saturated rings. The number of rotatable bonds is 9. The van der Waals surface area contributed by atoms with Gasteiger partial charge in [0.1, 0.15) is 16.3 Å². The first-order valence-electron chi connectivity index (χ1n) is 11.2. The van der Waals surface area contributed by atoms with E-state index in [1.165, 1.54) is 26.5 Å². The van der Waals surface area contributed by atoms with E-state index in [0.717, 1.165) is 32.5 Å². The van der Waals surface area contributed by atoms with Crippen molar-refractivity contribution in [1.82, 2.24) is 24.1 Å². The molecule has 1 N–H and O–H groups in total. The molecule has 0 spiro atoms. The minimum atomic E-state index is -3.81. The fraction of sp³-hybridized carbons (Fsp3) is 0.667. The maximum Gasteiger partial charge on any atom is 0.263 e. The summed E-state index contributed by atoms with van der Waals surface area (Å²) in [6.07, 6.45) is 2.93. The number of aryl methyl sites for hydroxylation is 1. The molecule has 1 amide bonds. The molecule has 0 aromatic carbocycles. The lowest BCUT2D eigenvalue weighted by Gasteiger charge is -2.29. The second kappa shape index (κ2) is 10.4. The Kier molecular flexibility index (Phi) is 8.07. The summed E-state index contributed by atoms with van der Waals surface area (Å²) in [4.78, 5) is 33.0. The van der Waals surface area contributed by atoms with Crippen molar-refractivity contribution in [2.75, 3.05) is 39.3 Å². The summed E-state index contributed by atoms with van der Waals surface area (Å²) in [5, 5.41) is 2.91. The van der Waals surface area contributed by atoms with Crippen LogP contribution in [-0.2, 0) is 21.4 Å². The number of carbonyl (C=O) groups is 1. The summed E-state index contributed by atoms with van der Waals surface area (Å²) in [6.45, 7) is 11.6. The van der Waals surface area contributed by atoms with Crippen molar-refractivity contribution < 1.29 is 13.2 Å². The van der Waals surface area contributed by atoms with E-state index in [1.807, 2.05) is 0 Å². The van der Waals surface area contributed by atoms with Crippen molar-refractivity contribution in [2.24, 2.45) is 5.92 Å². The third kappa shape index (κ3) is 5.22. The Balaban J connectivity index is 1.85. The molecule has 9 nitrogen and oxygen atoms in total. The predicted molar refractivity (Wildman–Crippen MR) is 127 cm³/mol. The molecule has 3 heterocycles.